The van der Waals surface area contributed by atoms with Crippen LogP contribution in [-0.2, 0) is 46.1 Å². The molecular formula is C43H53NO9Si. The van der Waals surface area contributed by atoms with E-state index < -0.39 is 50.0 Å². The Balaban J connectivity index is 1.50. The number of methoxy groups -OCH3 is 1. The molecule has 1 aliphatic heterocycles. The lowest BCUT2D eigenvalue weighted by atomic mass is 9.69. The zero-order valence-corrected chi connectivity index (χ0v) is 33.1. The normalized spacial score (nSPS) is 25.3. The zero-order valence-electron chi connectivity index (χ0n) is 32.1. The first-order chi connectivity index (χ1) is 25.9. The maximum atomic E-state index is 13.5. The molecule has 288 valence electrons. The summed E-state index contributed by atoms with van der Waals surface area (Å²) in [5.74, 6) is -2.05. The van der Waals surface area contributed by atoms with Crippen LogP contribution in [0.15, 0.2) is 121 Å². The predicted molar refractivity (Wildman–Crippen MR) is 208 cm³/mol. The van der Waals surface area contributed by atoms with Crippen LogP contribution >= 0.6 is 0 Å². The maximum Gasteiger partial charge on any atom is 0.261 e. The van der Waals surface area contributed by atoms with Gasteiger partial charge in [0.15, 0.2) is 11.9 Å². The highest BCUT2D eigenvalue weighted by Gasteiger charge is 2.71. The summed E-state index contributed by atoms with van der Waals surface area (Å²) in [6, 6.07) is 38.8. The molecule has 1 aliphatic carbocycles. The highest BCUT2D eigenvalue weighted by Crippen LogP contribution is 2.49. The Morgan fingerprint density at radius 3 is 1.80 bits per heavy atom. The fraction of sp³-hybridized carbons (Fsp3) is 0.442. The van der Waals surface area contributed by atoms with Crippen LogP contribution < -0.4 is 10.4 Å². The molecule has 1 saturated heterocycles. The van der Waals surface area contributed by atoms with Gasteiger partial charge in [-0.1, -0.05) is 142 Å². The molecule has 0 unspecified atom stereocenters. The molecule has 0 bridgehead atoms. The van der Waals surface area contributed by atoms with Gasteiger partial charge in [-0.05, 0) is 40.4 Å². The van der Waals surface area contributed by atoms with Crippen molar-refractivity contribution in [3.8, 4) is 0 Å². The number of nitrogens with zero attached hydrogens (tertiary/aromatic N) is 1. The van der Waals surface area contributed by atoms with Gasteiger partial charge in [0.1, 0.15) is 24.6 Å². The second-order valence-electron chi connectivity index (χ2n) is 15.6. The number of benzene rings is 4. The number of hydrogen-bond acceptors (Lipinski definition) is 9. The zero-order chi connectivity index (χ0) is 38.4. The minimum Gasteiger partial charge on any atom is -0.407 e. The summed E-state index contributed by atoms with van der Waals surface area (Å²) in [6.45, 7) is 10.3. The average Bonchev–Trinajstić information content (AvgIpc) is 3.49. The molecule has 0 radical (unpaired) electrons. The molecule has 0 spiro atoms. The van der Waals surface area contributed by atoms with E-state index in [1.807, 2.05) is 97.1 Å². The fourth-order valence-corrected chi connectivity index (χ4v) is 12.9. The summed E-state index contributed by atoms with van der Waals surface area (Å²) in [7, 11) is -1.63. The third-order valence-electron chi connectivity index (χ3n) is 10.6. The maximum absolute atomic E-state index is 13.5. The van der Waals surface area contributed by atoms with E-state index in [1.54, 1.807) is 13.8 Å². The lowest BCUT2D eigenvalue weighted by Gasteiger charge is -2.52. The van der Waals surface area contributed by atoms with Crippen LogP contribution in [0, 0.1) is 16.0 Å². The number of hydrogen-bond donors (Lipinski definition) is 0. The second-order valence-corrected chi connectivity index (χ2v) is 19.9. The minimum absolute atomic E-state index is 0.0101. The van der Waals surface area contributed by atoms with Crippen molar-refractivity contribution in [2.45, 2.75) is 88.6 Å². The van der Waals surface area contributed by atoms with Crippen molar-refractivity contribution in [2.75, 3.05) is 27.1 Å². The van der Waals surface area contributed by atoms with Gasteiger partial charge in [-0.25, -0.2) is 0 Å². The molecule has 2 aliphatic rings. The molecular weight excluding hydrogens is 703 g/mol. The first-order valence-corrected chi connectivity index (χ1v) is 20.5. The second kappa shape index (κ2) is 16.9. The monoisotopic (exact) mass is 755 g/mol. The molecule has 54 heavy (non-hydrogen) atoms. The summed E-state index contributed by atoms with van der Waals surface area (Å²) in [6.07, 6.45) is -2.93. The predicted octanol–water partition coefficient (Wildman–Crippen LogP) is 6.52. The van der Waals surface area contributed by atoms with E-state index in [0.29, 0.717) is 0 Å². The highest BCUT2D eigenvalue weighted by atomic mass is 28.4. The van der Waals surface area contributed by atoms with Crippen molar-refractivity contribution in [1.82, 2.24) is 0 Å². The Labute approximate surface area is 319 Å². The van der Waals surface area contributed by atoms with E-state index in [-0.39, 0.29) is 43.2 Å². The Morgan fingerprint density at radius 1 is 0.778 bits per heavy atom. The topological polar surface area (TPSA) is 108 Å². The summed E-state index contributed by atoms with van der Waals surface area (Å²) in [5, 5.41) is 15.2. The molecule has 0 aromatic heterocycles. The third kappa shape index (κ3) is 8.24. The van der Waals surface area contributed by atoms with Crippen LogP contribution in [0.3, 0.4) is 0 Å². The van der Waals surface area contributed by atoms with E-state index in [0.717, 1.165) is 21.5 Å². The quantitative estimate of drug-likeness (QED) is 0.0547. The van der Waals surface area contributed by atoms with E-state index >= 15 is 0 Å². The van der Waals surface area contributed by atoms with Crippen molar-refractivity contribution in [3.05, 3.63) is 143 Å². The molecule has 0 N–H and O–H groups in total. The van der Waals surface area contributed by atoms with Crippen molar-refractivity contribution in [2.24, 2.45) is 5.92 Å². The van der Waals surface area contributed by atoms with Crippen LogP contribution in [-0.4, -0.2) is 76.1 Å². The minimum atomic E-state index is -3.16. The summed E-state index contributed by atoms with van der Waals surface area (Å²) in [5.41, 5.74) is 0.487. The first kappa shape index (κ1) is 39.9. The highest BCUT2D eigenvalue weighted by molar-refractivity contribution is 6.99. The van der Waals surface area contributed by atoms with Gasteiger partial charge >= 0.3 is 0 Å². The van der Waals surface area contributed by atoms with E-state index in [2.05, 4.69) is 45.0 Å². The number of ether oxygens (including phenoxy) is 6. The largest absolute Gasteiger partial charge is 0.407 e. The van der Waals surface area contributed by atoms with Crippen molar-refractivity contribution < 1.29 is 37.8 Å². The van der Waals surface area contributed by atoms with Gasteiger partial charge in [0.25, 0.3) is 8.32 Å². The van der Waals surface area contributed by atoms with Gasteiger partial charge < -0.3 is 32.8 Å². The summed E-state index contributed by atoms with van der Waals surface area (Å²) < 4.78 is 46.4. The van der Waals surface area contributed by atoms with E-state index in [9.17, 15) is 10.1 Å². The lowest BCUT2D eigenvalue weighted by Crippen LogP contribution is -2.74. The third-order valence-corrected chi connectivity index (χ3v) is 15.6. The molecule has 6 rings (SSSR count). The van der Waals surface area contributed by atoms with E-state index in [1.165, 1.54) is 7.11 Å². The molecule has 6 atom stereocenters. The summed E-state index contributed by atoms with van der Waals surface area (Å²) >= 11 is 0. The van der Waals surface area contributed by atoms with E-state index in [4.69, 9.17) is 32.8 Å². The molecule has 4 aromatic carbocycles. The average molecular weight is 756 g/mol. The standard InChI is InChI=1S/C43H53NO9Si/c1-41(2,3)54(34-23-15-9-16-24-34,35-25-17-10-18-26-35)51-29-36-37(44(45)46)38-40(53-42(4,5)52-38)43(39(36)49-31-47-6,50-28-33-21-13-8-14-22-33)30-48-27-32-19-11-7-12-20-32/h7-26,36-40H,27-31H2,1-6H3/t36-,37-,38+,39-,40+,43+/m1/s1. The molecule has 10 nitrogen and oxygen atoms in total. The van der Waals surface area contributed by atoms with Crippen molar-refractivity contribution >= 4 is 18.7 Å². The Hall–Kier alpha value is -3.78. The molecule has 2 fully saturated rings. The molecule has 0 amide bonds. The molecule has 1 saturated carbocycles. The number of rotatable bonds is 16. The van der Waals surface area contributed by atoms with Gasteiger partial charge in [0, 0.05) is 18.6 Å². The Morgan fingerprint density at radius 2 is 1.30 bits per heavy atom. The van der Waals surface area contributed by atoms with Crippen LogP contribution in [0.1, 0.15) is 45.7 Å². The first-order valence-electron chi connectivity index (χ1n) is 18.6. The van der Waals surface area contributed by atoms with Gasteiger partial charge in [-0.2, -0.15) is 0 Å². The number of fused-ring (bicyclic) bond motifs is 1. The lowest BCUT2D eigenvalue weighted by molar-refractivity contribution is -0.557. The summed E-state index contributed by atoms with van der Waals surface area (Å²) in [4.78, 5) is 13.2. The Bertz CT molecular complexity index is 1740. The van der Waals surface area contributed by atoms with Crippen LogP contribution in [0.5, 0.6) is 0 Å². The van der Waals surface area contributed by atoms with Gasteiger partial charge in [-0.3, -0.25) is 10.1 Å². The van der Waals surface area contributed by atoms with Gasteiger partial charge in [0.2, 0.25) is 6.04 Å². The SMILES string of the molecule is COCO[C@@H]1[C@H](CO[Si](c2ccccc2)(c2ccccc2)C(C)(C)C)[C@@H]([N+](=O)[O-])[C@@H]2OC(C)(C)O[C@@H]2[C@@]1(COCc1ccccc1)OCc1ccccc1. The molecule has 1 heterocycles. The van der Waals surface area contributed by atoms with Crippen LogP contribution in [0.25, 0.3) is 0 Å². The fourth-order valence-electron chi connectivity index (χ4n) is 8.28. The van der Waals surface area contributed by atoms with Crippen LogP contribution in [0.4, 0.5) is 0 Å². The van der Waals surface area contributed by atoms with Crippen LogP contribution in [0.2, 0.25) is 5.04 Å². The molecule has 4 aromatic rings. The number of nitro groups is 1. The van der Waals surface area contributed by atoms with Crippen molar-refractivity contribution in [1.29, 1.82) is 0 Å². The Kier molecular flexibility index (Phi) is 12.5. The molecule has 11 heteroatoms. The smallest absolute Gasteiger partial charge is 0.261 e. The van der Waals surface area contributed by atoms with Gasteiger partial charge in [-0.15, -0.1) is 0 Å². The van der Waals surface area contributed by atoms with Crippen molar-refractivity contribution in [3.63, 3.8) is 0 Å². The van der Waals surface area contributed by atoms with Gasteiger partial charge in [0.05, 0.1) is 25.7 Å².